The van der Waals surface area contributed by atoms with E-state index in [4.69, 9.17) is 17.3 Å². The summed E-state index contributed by atoms with van der Waals surface area (Å²) in [5.41, 5.74) is 5.83. The molecule has 2 aromatic rings. The van der Waals surface area contributed by atoms with Gasteiger partial charge in [-0.05, 0) is 29.6 Å². The van der Waals surface area contributed by atoms with Crippen LogP contribution in [0.1, 0.15) is 20.0 Å². The second kappa shape index (κ2) is 5.20. The number of halogens is 1. The summed E-state index contributed by atoms with van der Waals surface area (Å²) in [6, 6.07) is 8.09. The van der Waals surface area contributed by atoms with E-state index in [2.05, 4.69) is 5.32 Å². The number of anilines is 1. The maximum absolute atomic E-state index is 11.8. The van der Waals surface area contributed by atoms with Crippen LogP contribution in [0, 0.1) is 0 Å². The fourth-order valence-corrected chi connectivity index (χ4v) is 2.22. The Hall–Kier alpha value is -1.85. The van der Waals surface area contributed by atoms with E-state index in [-0.39, 0.29) is 16.5 Å². The zero-order valence-corrected chi connectivity index (χ0v) is 10.7. The van der Waals surface area contributed by atoms with Crippen molar-refractivity contribution in [1.29, 1.82) is 0 Å². The number of carbonyl (C=O) groups excluding carboxylic acids is 2. The molecule has 0 aliphatic carbocycles. The Bertz CT molecular complexity index is 596. The quantitative estimate of drug-likeness (QED) is 0.907. The van der Waals surface area contributed by atoms with Crippen molar-refractivity contribution >= 4 is 40.4 Å². The van der Waals surface area contributed by atoms with Gasteiger partial charge in [0.25, 0.3) is 5.91 Å². The standard InChI is InChI=1S/C12H9ClN2O2S/c13-9-4-3-7(6-8(9)11(14)16)15-12(17)10-2-1-5-18-10/h1-6H,(H2,14,16)(H,15,17). The Morgan fingerprint density at radius 2 is 2.06 bits per heavy atom. The van der Waals surface area contributed by atoms with Gasteiger partial charge in [0.1, 0.15) is 0 Å². The lowest BCUT2D eigenvalue weighted by Gasteiger charge is -2.06. The summed E-state index contributed by atoms with van der Waals surface area (Å²) in [7, 11) is 0. The molecule has 0 saturated carbocycles. The van der Waals surface area contributed by atoms with Crippen LogP contribution in [0.3, 0.4) is 0 Å². The number of nitrogens with one attached hydrogen (secondary N) is 1. The predicted octanol–water partition coefficient (Wildman–Crippen LogP) is 2.75. The van der Waals surface area contributed by atoms with Gasteiger partial charge in [0.15, 0.2) is 0 Å². The van der Waals surface area contributed by atoms with Crippen molar-refractivity contribution in [3.8, 4) is 0 Å². The molecule has 18 heavy (non-hydrogen) atoms. The number of amides is 2. The van der Waals surface area contributed by atoms with E-state index in [0.29, 0.717) is 10.6 Å². The average Bonchev–Trinajstić information content (AvgIpc) is 2.85. The molecular formula is C12H9ClN2O2S. The van der Waals surface area contributed by atoms with E-state index in [1.807, 2.05) is 5.38 Å². The number of primary amides is 1. The average molecular weight is 281 g/mol. The molecular weight excluding hydrogens is 272 g/mol. The van der Waals surface area contributed by atoms with Crippen LogP contribution in [-0.2, 0) is 0 Å². The molecule has 0 saturated heterocycles. The Kier molecular flexibility index (Phi) is 3.64. The summed E-state index contributed by atoms with van der Waals surface area (Å²) >= 11 is 7.15. The largest absolute Gasteiger partial charge is 0.366 e. The second-order valence-electron chi connectivity index (χ2n) is 3.49. The minimum absolute atomic E-state index is 0.181. The minimum atomic E-state index is -0.632. The summed E-state index contributed by atoms with van der Waals surface area (Å²) in [5.74, 6) is -0.866. The summed E-state index contributed by atoms with van der Waals surface area (Å²) in [6.45, 7) is 0. The highest BCUT2D eigenvalue weighted by atomic mass is 35.5. The van der Waals surface area contributed by atoms with E-state index < -0.39 is 5.91 Å². The molecule has 0 unspecified atom stereocenters. The van der Waals surface area contributed by atoms with Crippen molar-refractivity contribution in [3.63, 3.8) is 0 Å². The normalized spacial score (nSPS) is 10.1. The molecule has 0 bridgehead atoms. The van der Waals surface area contributed by atoms with Gasteiger partial charge < -0.3 is 11.1 Å². The first-order valence-corrected chi connectivity index (χ1v) is 6.28. The van der Waals surface area contributed by atoms with Crippen LogP contribution in [0.2, 0.25) is 5.02 Å². The molecule has 6 heteroatoms. The maximum atomic E-state index is 11.8. The summed E-state index contributed by atoms with van der Waals surface area (Å²) < 4.78 is 0. The fraction of sp³-hybridized carbons (Fsp3) is 0. The van der Waals surface area contributed by atoms with Gasteiger partial charge in [0, 0.05) is 5.69 Å². The summed E-state index contributed by atoms with van der Waals surface area (Å²) in [4.78, 5) is 23.5. The number of hydrogen-bond acceptors (Lipinski definition) is 3. The molecule has 3 N–H and O–H groups in total. The third kappa shape index (κ3) is 2.69. The molecule has 1 aromatic carbocycles. The first-order chi connectivity index (χ1) is 8.58. The van der Waals surface area contributed by atoms with Gasteiger partial charge in [0.05, 0.1) is 15.5 Å². The lowest BCUT2D eigenvalue weighted by atomic mass is 10.2. The molecule has 0 radical (unpaired) electrons. The minimum Gasteiger partial charge on any atom is -0.366 e. The van der Waals surface area contributed by atoms with Crippen molar-refractivity contribution in [2.75, 3.05) is 5.32 Å². The van der Waals surface area contributed by atoms with Gasteiger partial charge in [-0.3, -0.25) is 9.59 Å². The molecule has 1 heterocycles. The SMILES string of the molecule is NC(=O)c1cc(NC(=O)c2cccs2)ccc1Cl. The predicted molar refractivity (Wildman–Crippen MR) is 72.2 cm³/mol. The van der Waals surface area contributed by atoms with E-state index in [1.165, 1.54) is 23.5 Å². The molecule has 92 valence electrons. The fourth-order valence-electron chi connectivity index (χ4n) is 1.39. The molecule has 2 rings (SSSR count). The lowest BCUT2D eigenvalue weighted by Crippen LogP contribution is -2.14. The third-order valence-corrected chi connectivity index (χ3v) is 3.43. The number of rotatable bonds is 3. The Morgan fingerprint density at radius 1 is 1.28 bits per heavy atom. The van der Waals surface area contributed by atoms with E-state index in [9.17, 15) is 9.59 Å². The molecule has 0 fully saturated rings. The van der Waals surface area contributed by atoms with Gasteiger partial charge >= 0.3 is 0 Å². The van der Waals surface area contributed by atoms with Crippen LogP contribution < -0.4 is 11.1 Å². The van der Waals surface area contributed by atoms with Crippen molar-refractivity contribution < 1.29 is 9.59 Å². The van der Waals surface area contributed by atoms with Gasteiger partial charge in [-0.1, -0.05) is 17.7 Å². The molecule has 4 nitrogen and oxygen atoms in total. The monoisotopic (exact) mass is 280 g/mol. The van der Waals surface area contributed by atoms with Gasteiger partial charge in [-0.15, -0.1) is 11.3 Å². The van der Waals surface area contributed by atoms with Gasteiger partial charge in [0.2, 0.25) is 5.91 Å². The van der Waals surface area contributed by atoms with Crippen molar-refractivity contribution in [2.24, 2.45) is 5.73 Å². The van der Waals surface area contributed by atoms with Crippen LogP contribution in [-0.4, -0.2) is 11.8 Å². The second-order valence-corrected chi connectivity index (χ2v) is 4.85. The topological polar surface area (TPSA) is 72.2 Å². The van der Waals surface area contributed by atoms with Crippen molar-refractivity contribution in [2.45, 2.75) is 0 Å². The number of hydrogen-bond donors (Lipinski definition) is 2. The molecule has 0 spiro atoms. The number of thiophene rings is 1. The van der Waals surface area contributed by atoms with Crippen LogP contribution in [0.5, 0.6) is 0 Å². The third-order valence-electron chi connectivity index (χ3n) is 2.23. The van der Waals surface area contributed by atoms with Crippen molar-refractivity contribution in [3.05, 3.63) is 51.2 Å². The molecule has 1 aromatic heterocycles. The Labute approximate surface area is 112 Å². The smallest absolute Gasteiger partial charge is 0.265 e. The summed E-state index contributed by atoms with van der Waals surface area (Å²) in [6.07, 6.45) is 0. The highest BCUT2D eigenvalue weighted by Gasteiger charge is 2.10. The summed E-state index contributed by atoms with van der Waals surface area (Å²) in [5, 5.41) is 4.74. The van der Waals surface area contributed by atoms with Crippen LogP contribution >= 0.6 is 22.9 Å². The lowest BCUT2D eigenvalue weighted by molar-refractivity contribution is 0.0996. The van der Waals surface area contributed by atoms with Gasteiger partial charge in [-0.2, -0.15) is 0 Å². The Balaban J connectivity index is 2.22. The highest BCUT2D eigenvalue weighted by Crippen LogP contribution is 2.21. The van der Waals surface area contributed by atoms with E-state index >= 15 is 0 Å². The number of nitrogens with two attached hydrogens (primary N) is 1. The zero-order chi connectivity index (χ0) is 13.1. The van der Waals surface area contributed by atoms with Crippen LogP contribution in [0.15, 0.2) is 35.7 Å². The number of benzene rings is 1. The zero-order valence-electron chi connectivity index (χ0n) is 9.14. The first-order valence-electron chi connectivity index (χ1n) is 5.02. The molecule has 2 amide bonds. The van der Waals surface area contributed by atoms with Gasteiger partial charge in [-0.25, -0.2) is 0 Å². The van der Waals surface area contributed by atoms with Crippen molar-refractivity contribution in [1.82, 2.24) is 0 Å². The van der Waals surface area contributed by atoms with E-state index in [0.717, 1.165) is 0 Å². The van der Waals surface area contributed by atoms with Crippen LogP contribution in [0.25, 0.3) is 0 Å². The Morgan fingerprint density at radius 3 is 2.67 bits per heavy atom. The highest BCUT2D eigenvalue weighted by molar-refractivity contribution is 7.12. The maximum Gasteiger partial charge on any atom is 0.265 e. The number of carbonyl (C=O) groups is 2. The molecule has 0 aliphatic heterocycles. The van der Waals surface area contributed by atoms with E-state index in [1.54, 1.807) is 18.2 Å². The molecule has 0 atom stereocenters. The first kappa shape index (κ1) is 12.6. The van der Waals surface area contributed by atoms with Crippen LogP contribution in [0.4, 0.5) is 5.69 Å². The molecule has 0 aliphatic rings.